The van der Waals surface area contributed by atoms with Crippen LogP contribution in [-0.4, -0.2) is 6.04 Å². The van der Waals surface area contributed by atoms with Gasteiger partial charge in [-0.05, 0) is 6.42 Å². The van der Waals surface area contributed by atoms with Crippen LogP contribution in [0.3, 0.4) is 0 Å². The molecule has 0 amide bonds. The molecule has 0 aliphatic heterocycles. The molecule has 1 atom stereocenters. The van der Waals surface area contributed by atoms with E-state index < -0.39 is 0 Å². The van der Waals surface area contributed by atoms with Crippen molar-refractivity contribution in [3.63, 3.8) is 0 Å². The van der Waals surface area contributed by atoms with Crippen LogP contribution in [0.2, 0.25) is 0 Å². The standard InChI is InChI=1S/C15H30N2/c1-3-5-6-7-8-9-10-11-12-14-15(17-16)13-4-2/h2,15,17H,3,5-14,16H2,1H3. The topological polar surface area (TPSA) is 38.0 Å². The quantitative estimate of drug-likeness (QED) is 0.235. The van der Waals surface area contributed by atoms with Crippen LogP contribution in [0.5, 0.6) is 0 Å². The molecule has 0 fully saturated rings. The van der Waals surface area contributed by atoms with Gasteiger partial charge in [-0.3, -0.25) is 11.3 Å². The summed E-state index contributed by atoms with van der Waals surface area (Å²) in [6, 6.07) is 0.310. The third-order valence-corrected chi connectivity index (χ3v) is 3.26. The van der Waals surface area contributed by atoms with E-state index in [0.717, 1.165) is 12.8 Å². The summed E-state index contributed by atoms with van der Waals surface area (Å²) < 4.78 is 0. The van der Waals surface area contributed by atoms with Crippen LogP contribution in [0.1, 0.15) is 77.6 Å². The Balaban J connectivity index is 3.15. The van der Waals surface area contributed by atoms with Crippen molar-refractivity contribution in [1.29, 1.82) is 0 Å². The van der Waals surface area contributed by atoms with Crippen molar-refractivity contribution in [3.05, 3.63) is 0 Å². The number of hydrazine groups is 1. The van der Waals surface area contributed by atoms with Crippen LogP contribution in [0, 0.1) is 12.3 Å². The average molecular weight is 238 g/mol. The summed E-state index contributed by atoms with van der Waals surface area (Å²) >= 11 is 0. The Labute approximate surface area is 108 Å². The van der Waals surface area contributed by atoms with Crippen molar-refractivity contribution in [2.75, 3.05) is 0 Å². The predicted octanol–water partition coefficient (Wildman–Crippen LogP) is 3.76. The number of nitrogens with two attached hydrogens (primary N) is 1. The Morgan fingerprint density at radius 1 is 1.00 bits per heavy atom. The van der Waals surface area contributed by atoms with Crippen LogP contribution in [0.4, 0.5) is 0 Å². The predicted molar refractivity (Wildman–Crippen MR) is 76.4 cm³/mol. The van der Waals surface area contributed by atoms with E-state index in [-0.39, 0.29) is 0 Å². The molecular formula is C15H30N2. The zero-order valence-corrected chi connectivity index (χ0v) is 11.5. The molecule has 0 heterocycles. The summed E-state index contributed by atoms with van der Waals surface area (Å²) in [6.07, 6.45) is 19.4. The maximum atomic E-state index is 5.42. The third-order valence-electron chi connectivity index (χ3n) is 3.26. The van der Waals surface area contributed by atoms with E-state index in [1.54, 1.807) is 0 Å². The maximum Gasteiger partial charge on any atom is 0.0319 e. The smallest absolute Gasteiger partial charge is 0.0319 e. The minimum Gasteiger partial charge on any atom is -0.271 e. The molecule has 0 rings (SSSR count). The fourth-order valence-corrected chi connectivity index (χ4v) is 2.09. The first-order valence-corrected chi connectivity index (χ1v) is 7.24. The first kappa shape index (κ1) is 16.5. The van der Waals surface area contributed by atoms with Gasteiger partial charge in [-0.1, -0.05) is 64.7 Å². The molecule has 2 nitrogen and oxygen atoms in total. The molecule has 0 aliphatic rings. The lowest BCUT2D eigenvalue weighted by molar-refractivity contribution is 0.467. The lowest BCUT2D eigenvalue weighted by Gasteiger charge is -2.12. The lowest BCUT2D eigenvalue weighted by atomic mass is 10.0. The van der Waals surface area contributed by atoms with Gasteiger partial charge in [0, 0.05) is 12.5 Å². The molecule has 17 heavy (non-hydrogen) atoms. The van der Waals surface area contributed by atoms with Crippen LogP contribution < -0.4 is 11.3 Å². The van der Waals surface area contributed by atoms with Crippen molar-refractivity contribution < 1.29 is 0 Å². The van der Waals surface area contributed by atoms with E-state index in [4.69, 9.17) is 12.3 Å². The molecule has 0 bridgehead atoms. The molecule has 0 aromatic rings. The molecule has 3 N–H and O–H groups in total. The van der Waals surface area contributed by atoms with Crippen molar-refractivity contribution >= 4 is 0 Å². The van der Waals surface area contributed by atoms with Gasteiger partial charge >= 0.3 is 0 Å². The number of nitrogens with one attached hydrogen (secondary N) is 1. The summed E-state index contributed by atoms with van der Waals surface area (Å²) in [5.74, 6) is 8.08. The molecular weight excluding hydrogens is 208 g/mol. The van der Waals surface area contributed by atoms with Gasteiger partial charge in [0.1, 0.15) is 0 Å². The van der Waals surface area contributed by atoms with Gasteiger partial charge in [0.2, 0.25) is 0 Å². The number of unbranched alkanes of at least 4 members (excludes halogenated alkanes) is 8. The molecule has 2 heteroatoms. The maximum absolute atomic E-state index is 5.42. The van der Waals surface area contributed by atoms with E-state index in [1.807, 2.05) is 0 Å². The van der Waals surface area contributed by atoms with E-state index in [0.29, 0.717) is 6.04 Å². The first-order valence-electron chi connectivity index (χ1n) is 7.24. The number of rotatable bonds is 12. The summed E-state index contributed by atoms with van der Waals surface area (Å²) in [5.41, 5.74) is 2.79. The Morgan fingerprint density at radius 2 is 1.53 bits per heavy atom. The molecule has 0 saturated heterocycles. The molecule has 0 radical (unpaired) electrons. The van der Waals surface area contributed by atoms with Crippen LogP contribution in [-0.2, 0) is 0 Å². The van der Waals surface area contributed by atoms with E-state index in [9.17, 15) is 0 Å². The summed E-state index contributed by atoms with van der Waals surface area (Å²) in [4.78, 5) is 0. The zero-order valence-electron chi connectivity index (χ0n) is 11.5. The zero-order chi connectivity index (χ0) is 12.8. The normalized spacial score (nSPS) is 12.3. The van der Waals surface area contributed by atoms with E-state index in [2.05, 4.69) is 18.3 Å². The minimum atomic E-state index is 0.310. The second-order valence-corrected chi connectivity index (χ2v) is 4.89. The van der Waals surface area contributed by atoms with E-state index in [1.165, 1.54) is 57.8 Å². The van der Waals surface area contributed by atoms with Gasteiger partial charge in [0.15, 0.2) is 0 Å². The Kier molecular flexibility index (Phi) is 13.1. The largest absolute Gasteiger partial charge is 0.271 e. The first-order chi connectivity index (χ1) is 8.35. The molecule has 0 aliphatic carbocycles. The van der Waals surface area contributed by atoms with Crippen LogP contribution >= 0.6 is 0 Å². The second-order valence-electron chi connectivity index (χ2n) is 4.89. The Bertz CT molecular complexity index is 184. The van der Waals surface area contributed by atoms with Crippen molar-refractivity contribution in [2.45, 2.75) is 83.6 Å². The van der Waals surface area contributed by atoms with E-state index >= 15 is 0 Å². The van der Waals surface area contributed by atoms with Crippen molar-refractivity contribution in [3.8, 4) is 12.3 Å². The highest BCUT2D eigenvalue weighted by molar-refractivity contribution is 4.88. The molecule has 0 spiro atoms. The average Bonchev–Trinajstić information content (AvgIpc) is 2.35. The molecule has 1 unspecified atom stereocenters. The molecule has 0 aromatic carbocycles. The minimum absolute atomic E-state index is 0.310. The van der Waals surface area contributed by atoms with Gasteiger partial charge in [-0.2, -0.15) is 0 Å². The van der Waals surface area contributed by atoms with Gasteiger partial charge in [0.25, 0.3) is 0 Å². The van der Waals surface area contributed by atoms with Gasteiger partial charge < -0.3 is 0 Å². The monoisotopic (exact) mass is 238 g/mol. The lowest BCUT2D eigenvalue weighted by Crippen LogP contribution is -2.34. The summed E-state index contributed by atoms with van der Waals surface area (Å²) in [6.45, 7) is 2.26. The van der Waals surface area contributed by atoms with Gasteiger partial charge in [-0.25, -0.2) is 0 Å². The van der Waals surface area contributed by atoms with Gasteiger partial charge in [-0.15, -0.1) is 12.3 Å². The number of hydrogen-bond acceptors (Lipinski definition) is 2. The Morgan fingerprint density at radius 3 is 2.00 bits per heavy atom. The highest BCUT2D eigenvalue weighted by Crippen LogP contribution is 2.11. The van der Waals surface area contributed by atoms with Gasteiger partial charge in [0.05, 0.1) is 0 Å². The van der Waals surface area contributed by atoms with Crippen LogP contribution in [0.15, 0.2) is 0 Å². The molecule has 100 valence electrons. The third kappa shape index (κ3) is 11.7. The highest BCUT2D eigenvalue weighted by atomic mass is 15.2. The number of terminal acetylenes is 1. The number of hydrogen-bond donors (Lipinski definition) is 2. The second kappa shape index (κ2) is 13.5. The van der Waals surface area contributed by atoms with Crippen molar-refractivity contribution in [1.82, 2.24) is 5.43 Å². The summed E-state index contributed by atoms with van der Waals surface area (Å²) in [7, 11) is 0. The highest BCUT2D eigenvalue weighted by Gasteiger charge is 2.03. The SMILES string of the molecule is C#CCC(CCCCCCCCCCC)NN. The Hall–Kier alpha value is -0.520. The molecule has 0 aromatic heterocycles. The fraction of sp³-hybridized carbons (Fsp3) is 0.867. The van der Waals surface area contributed by atoms with Crippen molar-refractivity contribution in [2.24, 2.45) is 5.84 Å². The fourth-order valence-electron chi connectivity index (χ4n) is 2.09. The summed E-state index contributed by atoms with van der Waals surface area (Å²) in [5, 5.41) is 0. The van der Waals surface area contributed by atoms with Crippen LogP contribution in [0.25, 0.3) is 0 Å². The molecule has 0 saturated carbocycles.